The summed E-state index contributed by atoms with van der Waals surface area (Å²) < 4.78 is 10.8. The molecule has 1 aromatic carbocycles. The van der Waals surface area contributed by atoms with Gasteiger partial charge in [0.2, 0.25) is 0 Å². The molecule has 0 aliphatic carbocycles. The van der Waals surface area contributed by atoms with E-state index in [2.05, 4.69) is 0 Å². The molecule has 1 aliphatic rings. The largest absolute Gasteiger partial charge is 0.465 e. The van der Waals surface area contributed by atoms with E-state index in [1.165, 1.54) is 0 Å². The fraction of sp³-hybridized carbons (Fsp3) is 0.500. The van der Waals surface area contributed by atoms with Crippen molar-refractivity contribution in [1.82, 2.24) is 0 Å². The molecule has 92 valence electrons. The SMILES string of the molecule is CC(C)C(=O)OCC1COC1c1ccccc1. The Balaban J connectivity index is 1.86. The molecule has 1 saturated heterocycles. The van der Waals surface area contributed by atoms with Gasteiger partial charge in [0, 0.05) is 5.92 Å². The van der Waals surface area contributed by atoms with Gasteiger partial charge in [-0.05, 0) is 5.56 Å². The van der Waals surface area contributed by atoms with Gasteiger partial charge in [-0.1, -0.05) is 44.2 Å². The van der Waals surface area contributed by atoms with Crippen LogP contribution >= 0.6 is 0 Å². The third-order valence-corrected chi connectivity index (χ3v) is 2.96. The first kappa shape index (κ1) is 12.1. The Bertz CT molecular complexity index is 372. The lowest BCUT2D eigenvalue weighted by atomic mass is 9.92. The fourth-order valence-corrected chi connectivity index (χ4v) is 1.83. The van der Waals surface area contributed by atoms with E-state index in [0.717, 1.165) is 5.56 Å². The van der Waals surface area contributed by atoms with Crippen molar-refractivity contribution in [3.63, 3.8) is 0 Å². The standard InChI is InChI=1S/C14H18O3/c1-10(2)14(15)17-9-12-8-16-13(12)11-6-4-3-5-7-11/h3-7,10,12-13H,8-9H2,1-2H3. The average molecular weight is 234 g/mol. The molecule has 2 atom stereocenters. The molecule has 0 saturated carbocycles. The Morgan fingerprint density at radius 3 is 2.65 bits per heavy atom. The van der Waals surface area contributed by atoms with Gasteiger partial charge < -0.3 is 9.47 Å². The minimum Gasteiger partial charge on any atom is -0.465 e. The highest BCUT2D eigenvalue weighted by Crippen LogP contribution is 2.35. The topological polar surface area (TPSA) is 35.5 Å². The molecule has 0 radical (unpaired) electrons. The summed E-state index contributed by atoms with van der Waals surface area (Å²) in [6.45, 7) is 4.81. The quantitative estimate of drug-likeness (QED) is 0.751. The number of carbonyl (C=O) groups excluding carboxylic acids is 1. The van der Waals surface area contributed by atoms with E-state index in [0.29, 0.717) is 19.1 Å². The van der Waals surface area contributed by atoms with Crippen LogP contribution < -0.4 is 0 Å². The maximum absolute atomic E-state index is 11.4. The van der Waals surface area contributed by atoms with Crippen LogP contribution in [0.15, 0.2) is 30.3 Å². The molecular weight excluding hydrogens is 216 g/mol. The van der Waals surface area contributed by atoms with Crippen molar-refractivity contribution in [2.45, 2.75) is 20.0 Å². The molecule has 17 heavy (non-hydrogen) atoms. The summed E-state index contributed by atoms with van der Waals surface area (Å²) >= 11 is 0. The van der Waals surface area contributed by atoms with Crippen molar-refractivity contribution < 1.29 is 14.3 Å². The van der Waals surface area contributed by atoms with Gasteiger partial charge in [-0.25, -0.2) is 0 Å². The second-order valence-corrected chi connectivity index (χ2v) is 4.71. The van der Waals surface area contributed by atoms with Crippen LogP contribution in [0.3, 0.4) is 0 Å². The van der Waals surface area contributed by atoms with E-state index >= 15 is 0 Å². The molecule has 1 heterocycles. The number of rotatable bonds is 4. The Morgan fingerprint density at radius 1 is 1.41 bits per heavy atom. The average Bonchev–Trinajstić information content (AvgIpc) is 2.28. The van der Waals surface area contributed by atoms with E-state index in [1.807, 2.05) is 44.2 Å². The molecule has 0 aromatic heterocycles. The first-order valence-electron chi connectivity index (χ1n) is 6.01. The Morgan fingerprint density at radius 2 is 2.12 bits per heavy atom. The van der Waals surface area contributed by atoms with E-state index in [1.54, 1.807) is 0 Å². The summed E-state index contributed by atoms with van der Waals surface area (Å²) in [6, 6.07) is 10.1. The highest BCUT2D eigenvalue weighted by atomic mass is 16.5. The van der Waals surface area contributed by atoms with E-state index in [-0.39, 0.29) is 18.0 Å². The third-order valence-electron chi connectivity index (χ3n) is 2.96. The molecular formula is C14H18O3. The monoisotopic (exact) mass is 234 g/mol. The normalized spacial score (nSPS) is 23.2. The first-order valence-corrected chi connectivity index (χ1v) is 6.01. The molecule has 1 fully saturated rings. The molecule has 0 N–H and O–H groups in total. The van der Waals surface area contributed by atoms with Gasteiger partial charge >= 0.3 is 5.97 Å². The van der Waals surface area contributed by atoms with Crippen LogP contribution in [0.4, 0.5) is 0 Å². The lowest BCUT2D eigenvalue weighted by molar-refractivity contribution is -0.167. The molecule has 1 aliphatic heterocycles. The number of hydrogen-bond acceptors (Lipinski definition) is 3. The number of hydrogen-bond donors (Lipinski definition) is 0. The predicted octanol–water partition coefficient (Wildman–Crippen LogP) is 2.57. The van der Waals surface area contributed by atoms with E-state index < -0.39 is 0 Å². The van der Waals surface area contributed by atoms with Crippen molar-refractivity contribution in [3.05, 3.63) is 35.9 Å². The van der Waals surface area contributed by atoms with Gasteiger partial charge in [-0.3, -0.25) is 4.79 Å². The summed E-state index contributed by atoms with van der Waals surface area (Å²) in [6.07, 6.45) is 0.0798. The Kier molecular flexibility index (Phi) is 3.79. The van der Waals surface area contributed by atoms with E-state index in [9.17, 15) is 4.79 Å². The number of carbonyl (C=O) groups is 1. The van der Waals surface area contributed by atoms with Crippen LogP contribution in [0, 0.1) is 11.8 Å². The Hall–Kier alpha value is -1.35. The minimum absolute atomic E-state index is 0.0637. The van der Waals surface area contributed by atoms with Crippen LogP contribution in [0.2, 0.25) is 0 Å². The lowest BCUT2D eigenvalue weighted by Gasteiger charge is -2.36. The van der Waals surface area contributed by atoms with Crippen molar-refractivity contribution in [2.75, 3.05) is 13.2 Å². The second-order valence-electron chi connectivity index (χ2n) is 4.71. The molecule has 2 unspecified atom stereocenters. The molecule has 3 heteroatoms. The van der Waals surface area contributed by atoms with Crippen LogP contribution in [-0.2, 0) is 14.3 Å². The van der Waals surface area contributed by atoms with Gasteiger partial charge in [0.15, 0.2) is 0 Å². The zero-order valence-corrected chi connectivity index (χ0v) is 10.3. The van der Waals surface area contributed by atoms with E-state index in [4.69, 9.17) is 9.47 Å². The molecule has 0 amide bonds. The van der Waals surface area contributed by atoms with Gasteiger partial charge in [0.25, 0.3) is 0 Å². The highest BCUT2D eigenvalue weighted by Gasteiger charge is 2.34. The molecule has 0 spiro atoms. The summed E-state index contributed by atoms with van der Waals surface area (Å²) in [5.41, 5.74) is 1.16. The number of esters is 1. The Labute approximate surface area is 102 Å². The van der Waals surface area contributed by atoms with Crippen LogP contribution in [-0.4, -0.2) is 19.2 Å². The van der Waals surface area contributed by atoms with Crippen molar-refractivity contribution in [3.8, 4) is 0 Å². The van der Waals surface area contributed by atoms with Gasteiger partial charge in [-0.2, -0.15) is 0 Å². The first-order chi connectivity index (χ1) is 8.18. The summed E-state index contributed by atoms with van der Waals surface area (Å²) in [5.74, 6) is 0.0926. The zero-order chi connectivity index (χ0) is 12.3. The predicted molar refractivity (Wildman–Crippen MR) is 64.4 cm³/mol. The minimum atomic E-state index is -0.135. The van der Waals surface area contributed by atoms with Crippen molar-refractivity contribution >= 4 is 5.97 Å². The molecule has 1 aromatic rings. The summed E-state index contributed by atoms with van der Waals surface area (Å²) in [7, 11) is 0. The van der Waals surface area contributed by atoms with Crippen LogP contribution in [0.25, 0.3) is 0 Å². The maximum atomic E-state index is 11.4. The van der Waals surface area contributed by atoms with Crippen molar-refractivity contribution in [2.24, 2.45) is 11.8 Å². The summed E-state index contributed by atoms with van der Waals surface area (Å²) in [5, 5.41) is 0. The second kappa shape index (κ2) is 5.32. The zero-order valence-electron chi connectivity index (χ0n) is 10.3. The number of benzene rings is 1. The van der Waals surface area contributed by atoms with Gasteiger partial charge in [0.1, 0.15) is 0 Å². The smallest absolute Gasteiger partial charge is 0.308 e. The van der Waals surface area contributed by atoms with Gasteiger partial charge in [0.05, 0.1) is 25.2 Å². The maximum Gasteiger partial charge on any atom is 0.308 e. The van der Waals surface area contributed by atoms with Crippen LogP contribution in [0.1, 0.15) is 25.5 Å². The highest BCUT2D eigenvalue weighted by molar-refractivity contribution is 5.71. The van der Waals surface area contributed by atoms with Gasteiger partial charge in [-0.15, -0.1) is 0 Å². The number of ether oxygens (including phenoxy) is 2. The third kappa shape index (κ3) is 2.86. The molecule has 2 rings (SSSR count). The molecule has 0 bridgehead atoms. The fourth-order valence-electron chi connectivity index (χ4n) is 1.83. The summed E-state index contributed by atoms with van der Waals surface area (Å²) in [4.78, 5) is 11.4. The lowest BCUT2D eigenvalue weighted by Crippen LogP contribution is -2.36. The molecule has 3 nitrogen and oxygen atoms in total. The van der Waals surface area contributed by atoms with Crippen molar-refractivity contribution in [1.29, 1.82) is 0 Å². The van der Waals surface area contributed by atoms with Crippen LogP contribution in [0.5, 0.6) is 0 Å².